The lowest BCUT2D eigenvalue weighted by Crippen LogP contribution is -1.99. The largest absolute Gasteiger partial charge is 0.465 e. The summed E-state index contributed by atoms with van der Waals surface area (Å²) in [6, 6.07) is 16.6. The van der Waals surface area contributed by atoms with Gasteiger partial charge in [0.25, 0.3) is 0 Å². The fraction of sp³-hybridized carbons (Fsp3) is 0.118. The van der Waals surface area contributed by atoms with E-state index in [2.05, 4.69) is 30.3 Å². The van der Waals surface area contributed by atoms with Gasteiger partial charge in [0, 0.05) is 15.5 Å². The number of hydrogen-bond donors (Lipinski definition) is 0. The van der Waals surface area contributed by atoms with Crippen LogP contribution in [0.2, 0.25) is 0 Å². The van der Waals surface area contributed by atoms with E-state index in [0.29, 0.717) is 5.56 Å². The first-order valence-electron chi connectivity index (χ1n) is 6.40. The standard InChI is InChI=1S/C17H14O2S/c1-19-17(18)15-11-20-16-8-7-13(10-14(15)16)9-12-5-3-2-4-6-12/h2-8,10-11H,9H2,1H3. The Morgan fingerprint density at radius 1 is 1.10 bits per heavy atom. The van der Waals surface area contributed by atoms with Crippen LogP contribution in [-0.2, 0) is 11.2 Å². The van der Waals surface area contributed by atoms with E-state index in [1.807, 2.05) is 23.6 Å². The van der Waals surface area contributed by atoms with Crippen molar-refractivity contribution in [1.29, 1.82) is 0 Å². The Hall–Kier alpha value is -2.13. The maximum Gasteiger partial charge on any atom is 0.339 e. The van der Waals surface area contributed by atoms with E-state index in [0.717, 1.165) is 16.5 Å². The van der Waals surface area contributed by atoms with Gasteiger partial charge in [-0.1, -0.05) is 36.4 Å². The second-order valence-corrected chi connectivity index (χ2v) is 5.55. The fourth-order valence-corrected chi connectivity index (χ4v) is 3.20. The lowest BCUT2D eigenvalue weighted by Gasteiger charge is -2.03. The van der Waals surface area contributed by atoms with Crippen molar-refractivity contribution in [2.24, 2.45) is 0 Å². The van der Waals surface area contributed by atoms with Gasteiger partial charge >= 0.3 is 5.97 Å². The van der Waals surface area contributed by atoms with Crippen LogP contribution in [0.15, 0.2) is 53.9 Å². The van der Waals surface area contributed by atoms with Crippen molar-refractivity contribution in [2.75, 3.05) is 7.11 Å². The molecule has 3 heteroatoms. The zero-order valence-electron chi connectivity index (χ0n) is 11.1. The summed E-state index contributed by atoms with van der Waals surface area (Å²) in [6.45, 7) is 0. The molecule has 0 saturated carbocycles. The molecule has 0 amide bonds. The molecule has 3 aromatic rings. The van der Waals surface area contributed by atoms with Crippen LogP contribution in [-0.4, -0.2) is 13.1 Å². The van der Waals surface area contributed by atoms with E-state index in [-0.39, 0.29) is 5.97 Å². The summed E-state index contributed by atoms with van der Waals surface area (Å²) in [6.07, 6.45) is 0.868. The fourth-order valence-electron chi connectivity index (χ4n) is 2.29. The minimum absolute atomic E-state index is 0.270. The molecular weight excluding hydrogens is 268 g/mol. The average Bonchev–Trinajstić information content (AvgIpc) is 2.91. The monoisotopic (exact) mass is 282 g/mol. The van der Waals surface area contributed by atoms with Gasteiger partial charge in [0.1, 0.15) is 0 Å². The van der Waals surface area contributed by atoms with E-state index in [1.54, 1.807) is 11.3 Å². The first kappa shape index (κ1) is 12.9. The topological polar surface area (TPSA) is 26.3 Å². The van der Waals surface area contributed by atoms with Crippen LogP contribution in [0.3, 0.4) is 0 Å². The van der Waals surface area contributed by atoms with E-state index in [4.69, 9.17) is 4.74 Å². The molecule has 0 saturated heterocycles. The Labute approximate surface area is 121 Å². The zero-order valence-corrected chi connectivity index (χ0v) is 11.9. The molecule has 0 aliphatic carbocycles. The summed E-state index contributed by atoms with van der Waals surface area (Å²) < 4.78 is 5.94. The third-order valence-corrected chi connectivity index (χ3v) is 4.26. The molecule has 0 atom stereocenters. The number of methoxy groups -OCH3 is 1. The van der Waals surface area contributed by atoms with Gasteiger partial charge in [0.05, 0.1) is 12.7 Å². The quantitative estimate of drug-likeness (QED) is 0.670. The molecule has 0 N–H and O–H groups in total. The molecule has 100 valence electrons. The minimum atomic E-state index is -0.270. The summed E-state index contributed by atoms with van der Waals surface area (Å²) >= 11 is 1.57. The van der Waals surface area contributed by atoms with E-state index in [1.165, 1.54) is 18.2 Å². The SMILES string of the molecule is COC(=O)c1csc2ccc(Cc3ccccc3)cc12. The molecule has 0 aliphatic heterocycles. The second kappa shape index (κ2) is 5.47. The van der Waals surface area contributed by atoms with Gasteiger partial charge in [-0.05, 0) is 29.7 Å². The van der Waals surface area contributed by atoms with Gasteiger partial charge < -0.3 is 4.74 Å². The van der Waals surface area contributed by atoms with Crippen molar-refractivity contribution < 1.29 is 9.53 Å². The van der Waals surface area contributed by atoms with Crippen LogP contribution in [0.25, 0.3) is 10.1 Å². The Morgan fingerprint density at radius 3 is 2.65 bits per heavy atom. The number of esters is 1. The highest BCUT2D eigenvalue weighted by Gasteiger charge is 2.12. The number of carbonyl (C=O) groups is 1. The third-order valence-electron chi connectivity index (χ3n) is 3.29. The van der Waals surface area contributed by atoms with Gasteiger partial charge in [0.15, 0.2) is 0 Å². The van der Waals surface area contributed by atoms with Crippen LogP contribution in [0, 0.1) is 0 Å². The summed E-state index contributed by atoms with van der Waals surface area (Å²) in [5.74, 6) is -0.270. The molecule has 0 unspecified atom stereocenters. The molecular formula is C17H14O2S. The predicted molar refractivity (Wildman–Crippen MR) is 82.4 cm³/mol. The lowest BCUT2D eigenvalue weighted by atomic mass is 10.0. The Kier molecular flexibility index (Phi) is 3.52. The van der Waals surface area contributed by atoms with Gasteiger partial charge in [-0.15, -0.1) is 11.3 Å². The second-order valence-electron chi connectivity index (χ2n) is 4.63. The molecule has 0 aliphatic rings. The van der Waals surface area contributed by atoms with E-state index < -0.39 is 0 Å². The highest BCUT2D eigenvalue weighted by molar-refractivity contribution is 7.17. The smallest absolute Gasteiger partial charge is 0.339 e. The predicted octanol–water partition coefficient (Wildman–Crippen LogP) is 4.28. The van der Waals surface area contributed by atoms with Gasteiger partial charge in [-0.25, -0.2) is 4.79 Å². The number of carbonyl (C=O) groups excluding carboxylic acids is 1. The van der Waals surface area contributed by atoms with Crippen LogP contribution in [0.1, 0.15) is 21.5 Å². The molecule has 2 aromatic carbocycles. The van der Waals surface area contributed by atoms with Gasteiger partial charge in [0.2, 0.25) is 0 Å². The molecule has 1 aromatic heterocycles. The molecule has 0 fully saturated rings. The van der Waals surface area contributed by atoms with E-state index >= 15 is 0 Å². The summed E-state index contributed by atoms with van der Waals surface area (Å²) in [4.78, 5) is 11.7. The summed E-state index contributed by atoms with van der Waals surface area (Å²) in [7, 11) is 1.42. The molecule has 3 rings (SSSR count). The van der Waals surface area contributed by atoms with Crippen molar-refractivity contribution in [2.45, 2.75) is 6.42 Å². The first-order valence-corrected chi connectivity index (χ1v) is 7.28. The zero-order chi connectivity index (χ0) is 13.9. The number of hydrogen-bond acceptors (Lipinski definition) is 3. The highest BCUT2D eigenvalue weighted by Crippen LogP contribution is 2.28. The normalized spacial score (nSPS) is 10.7. The van der Waals surface area contributed by atoms with Crippen molar-refractivity contribution in [3.63, 3.8) is 0 Å². The Balaban J connectivity index is 1.99. The molecule has 0 radical (unpaired) electrons. The van der Waals surface area contributed by atoms with Gasteiger partial charge in [-0.3, -0.25) is 0 Å². The Morgan fingerprint density at radius 2 is 1.90 bits per heavy atom. The first-order chi connectivity index (χ1) is 9.78. The number of rotatable bonds is 3. The Bertz CT molecular complexity index is 744. The molecule has 2 nitrogen and oxygen atoms in total. The molecule has 20 heavy (non-hydrogen) atoms. The van der Waals surface area contributed by atoms with Crippen LogP contribution >= 0.6 is 11.3 Å². The number of ether oxygens (including phenoxy) is 1. The van der Waals surface area contributed by atoms with Crippen LogP contribution < -0.4 is 0 Å². The van der Waals surface area contributed by atoms with Crippen LogP contribution in [0.5, 0.6) is 0 Å². The summed E-state index contributed by atoms with van der Waals surface area (Å²) in [5.41, 5.74) is 3.12. The van der Waals surface area contributed by atoms with Crippen molar-refractivity contribution in [3.05, 3.63) is 70.6 Å². The average molecular weight is 282 g/mol. The van der Waals surface area contributed by atoms with Crippen molar-refractivity contribution in [3.8, 4) is 0 Å². The van der Waals surface area contributed by atoms with Gasteiger partial charge in [-0.2, -0.15) is 0 Å². The number of benzene rings is 2. The third kappa shape index (κ3) is 2.45. The van der Waals surface area contributed by atoms with E-state index in [9.17, 15) is 4.79 Å². The highest BCUT2D eigenvalue weighted by atomic mass is 32.1. The van der Waals surface area contributed by atoms with Crippen molar-refractivity contribution in [1.82, 2.24) is 0 Å². The van der Waals surface area contributed by atoms with Crippen LogP contribution in [0.4, 0.5) is 0 Å². The molecule has 1 heterocycles. The number of fused-ring (bicyclic) bond motifs is 1. The summed E-state index contributed by atoms with van der Waals surface area (Å²) in [5, 5.41) is 2.85. The van der Waals surface area contributed by atoms with Crippen molar-refractivity contribution >= 4 is 27.4 Å². The molecule has 0 spiro atoms. The lowest BCUT2D eigenvalue weighted by molar-refractivity contribution is 0.0603. The minimum Gasteiger partial charge on any atom is -0.465 e. The maximum atomic E-state index is 11.7. The molecule has 0 bridgehead atoms. The maximum absolute atomic E-state index is 11.7. The number of thiophene rings is 1.